The van der Waals surface area contributed by atoms with Crippen molar-refractivity contribution in [2.75, 3.05) is 0 Å². The number of H-pyrrole nitrogens is 1. The van der Waals surface area contributed by atoms with Gasteiger partial charge in [-0.2, -0.15) is 0 Å². The fourth-order valence-electron chi connectivity index (χ4n) is 2.27. The van der Waals surface area contributed by atoms with Gasteiger partial charge in [-0.3, -0.25) is 0 Å². The number of hydrogen-bond donors (Lipinski definition) is 1. The molecule has 0 aliphatic carbocycles. The summed E-state index contributed by atoms with van der Waals surface area (Å²) in [6.07, 6.45) is 0. The highest BCUT2D eigenvalue weighted by Crippen LogP contribution is 2.20. The van der Waals surface area contributed by atoms with Gasteiger partial charge in [0.2, 0.25) is 0 Å². The maximum atomic E-state index is 12.2. The van der Waals surface area contributed by atoms with Gasteiger partial charge >= 0.3 is 5.97 Å². The highest BCUT2D eigenvalue weighted by atomic mass is 16.5. The zero-order chi connectivity index (χ0) is 13.9. The highest BCUT2D eigenvalue weighted by Gasteiger charge is 2.12. The molecule has 2 aromatic carbocycles. The number of fused-ring (bicyclic) bond motifs is 1. The normalized spacial score (nSPS) is 10.7. The monoisotopic (exact) mass is 265 g/mol. The van der Waals surface area contributed by atoms with E-state index in [-0.39, 0.29) is 12.6 Å². The van der Waals surface area contributed by atoms with Crippen LogP contribution in [-0.2, 0) is 11.3 Å². The third-order valence-corrected chi connectivity index (χ3v) is 3.22. The van der Waals surface area contributed by atoms with Gasteiger partial charge in [0.25, 0.3) is 0 Å². The van der Waals surface area contributed by atoms with E-state index in [0.717, 1.165) is 22.2 Å². The Labute approximate surface area is 117 Å². The lowest BCUT2D eigenvalue weighted by Gasteiger charge is -2.06. The lowest BCUT2D eigenvalue weighted by Crippen LogP contribution is -2.05. The SMILES string of the molecule is Cc1cc2cccc(C(=O)OCc3ccccc3)c2[nH]1. The van der Waals surface area contributed by atoms with Crippen molar-refractivity contribution in [2.24, 2.45) is 0 Å². The molecule has 20 heavy (non-hydrogen) atoms. The average molecular weight is 265 g/mol. The smallest absolute Gasteiger partial charge is 0.340 e. The number of esters is 1. The number of aryl methyl sites for hydroxylation is 1. The van der Waals surface area contributed by atoms with Crippen LogP contribution < -0.4 is 0 Å². The minimum atomic E-state index is -0.304. The molecule has 0 bridgehead atoms. The van der Waals surface area contributed by atoms with Crippen LogP contribution in [-0.4, -0.2) is 11.0 Å². The quantitative estimate of drug-likeness (QED) is 0.731. The number of rotatable bonds is 3. The minimum absolute atomic E-state index is 0.287. The zero-order valence-corrected chi connectivity index (χ0v) is 11.2. The van der Waals surface area contributed by atoms with E-state index in [1.807, 2.05) is 55.5 Å². The second kappa shape index (κ2) is 5.21. The molecule has 100 valence electrons. The predicted molar refractivity (Wildman–Crippen MR) is 78.6 cm³/mol. The summed E-state index contributed by atoms with van der Waals surface area (Å²) in [7, 11) is 0. The Bertz CT molecular complexity index is 744. The van der Waals surface area contributed by atoms with E-state index in [1.54, 1.807) is 6.07 Å². The molecule has 0 radical (unpaired) electrons. The molecule has 0 amide bonds. The number of ether oxygens (including phenoxy) is 1. The Morgan fingerprint density at radius 3 is 2.70 bits per heavy atom. The zero-order valence-electron chi connectivity index (χ0n) is 11.2. The number of nitrogens with one attached hydrogen (secondary N) is 1. The summed E-state index contributed by atoms with van der Waals surface area (Å²) in [5.41, 5.74) is 3.42. The second-order valence-electron chi connectivity index (χ2n) is 4.78. The van der Waals surface area contributed by atoms with Crippen molar-refractivity contribution in [1.82, 2.24) is 4.98 Å². The van der Waals surface area contributed by atoms with E-state index in [9.17, 15) is 4.79 Å². The van der Waals surface area contributed by atoms with Crippen LogP contribution in [0.5, 0.6) is 0 Å². The number of aromatic nitrogens is 1. The van der Waals surface area contributed by atoms with Crippen molar-refractivity contribution in [1.29, 1.82) is 0 Å². The molecule has 0 saturated heterocycles. The standard InChI is InChI=1S/C17H15NO2/c1-12-10-14-8-5-9-15(16(14)18-12)17(19)20-11-13-6-3-2-4-7-13/h2-10,18H,11H2,1H3. The molecule has 0 aliphatic rings. The van der Waals surface area contributed by atoms with Gasteiger partial charge in [-0.1, -0.05) is 42.5 Å². The summed E-state index contributed by atoms with van der Waals surface area (Å²) in [5, 5.41) is 1.02. The van der Waals surface area contributed by atoms with E-state index >= 15 is 0 Å². The van der Waals surface area contributed by atoms with Gasteiger partial charge < -0.3 is 9.72 Å². The number of carbonyl (C=O) groups excluding carboxylic acids is 1. The van der Waals surface area contributed by atoms with Crippen LogP contribution >= 0.6 is 0 Å². The van der Waals surface area contributed by atoms with Crippen LogP contribution in [0, 0.1) is 6.92 Å². The van der Waals surface area contributed by atoms with E-state index in [0.29, 0.717) is 5.56 Å². The largest absolute Gasteiger partial charge is 0.457 e. The van der Waals surface area contributed by atoms with Gasteiger partial charge in [0.1, 0.15) is 6.61 Å². The maximum absolute atomic E-state index is 12.2. The van der Waals surface area contributed by atoms with Crippen LogP contribution in [0.2, 0.25) is 0 Å². The lowest BCUT2D eigenvalue weighted by molar-refractivity contribution is 0.0475. The van der Waals surface area contributed by atoms with Crippen molar-refractivity contribution in [2.45, 2.75) is 13.5 Å². The fraction of sp³-hybridized carbons (Fsp3) is 0.118. The first-order valence-corrected chi connectivity index (χ1v) is 6.53. The fourth-order valence-corrected chi connectivity index (χ4v) is 2.27. The molecule has 1 N–H and O–H groups in total. The number of benzene rings is 2. The summed E-state index contributed by atoms with van der Waals surface area (Å²) >= 11 is 0. The summed E-state index contributed by atoms with van der Waals surface area (Å²) in [6.45, 7) is 2.26. The van der Waals surface area contributed by atoms with Crippen LogP contribution in [0.3, 0.4) is 0 Å². The molecule has 1 aromatic heterocycles. The lowest BCUT2D eigenvalue weighted by atomic mass is 10.1. The third kappa shape index (κ3) is 2.43. The molecule has 3 heteroatoms. The first-order valence-electron chi connectivity index (χ1n) is 6.53. The molecular formula is C17H15NO2. The number of carbonyl (C=O) groups is 1. The second-order valence-corrected chi connectivity index (χ2v) is 4.78. The molecule has 0 aliphatic heterocycles. The van der Waals surface area contributed by atoms with Crippen LogP contribution in [0.15, 0.2) is 54.6 Å². The van der Waals surface area contributed by atoms with Gasteiger partial charge in [-0.15, -0.1) is 0 Å². The van der Waals surface area contributed by atoms with Gasteiger partial charge in [0.05, 0.1) is 11.1 Å². The van der Waals surface area contributed by atoms with Crippen molar-refractivity contribution in [3.8, 4) is 0 Å². The molecule has 0 saturated carbocycles. The van der Waals surface area contributed by atoms with Crippen LogP contribution in [0.1, 0.15) is 21.6 Å². The van der Waals surface area contributed by atoms with Crippen molar-refractivity contribution < 1.29 is 9.53 Å². The molecule has 1 heterocycles. The topological polar surface area (TPSA) is 42.1 Å². The van der Waals surface area contributed by atoms with Gasteiger partial charge in [0, 0.05) is 11.1 Å². The summed E-state index contributed by atoms with van der Waals surface area (Å²) in [6, 6.07) is 17.3. The molecule has 0 unspecified atom stereocenters. The molecule has 3 rings (SSSR count). The van der Waals surface area contributed by atoms with Crippen molar-refractivity contribution in [3.63, 3.8) is 0 Å². The average Bonchev–Trinajstić information content (AvgIpc) is 2.85. The number of aromatic amines is 1. The highest BCUT2D eigenvalue weighted by molar-refractivity contribution is 6.03. The van der Waals surface area contributed by atoms with Gasteiger partial charge in [-0.25, -0.2) is 4.79 Å². The summed E-state index contributed by atoms with van der Waals surface area (Å²) in [5.74, 6) is -0.304. The molecule has 0 atom stereocenters. The molecule has 0 fully saturated rings. The van der Waals surface area contributed by atoms with E-state index < -0.39 is 0 Å². The molecular weight excluding hydrogens is 250 g/mol. The van der Waals surface area contributed by atoms with Gasteiger partial charge in [0.15, 0.2) is 0 Å². The Morgan fingerprint density at radius 1 is 1.10 bits per heavy atom. The summed E-state index contributed by atoms with van der Waals surface area (Å²) < 4.78 is 5.37. The van der Waals surface area contributed by atoms with Crippen LogP contribution in [0.25, 0.3) is 10.9 Å². The first kappa shape index (κ1) is 12.5. The number of hydrogen-bond acceptors (Lipinski definition) is 2. The Kier molecular flexibility index (Phi) is 3.25. The van der Waals surface area contributed by atoms with E-state index in [1.165, 1.54) is 0 Å². The Hall–Kier alpha value is -2.55. The maximum Gasteiger partial charge on any atom is 0.340 e. The molecule has 3 nitrogen and oxygen atoms in total. The van der Waals surface area contributed by atoms with E-state index in [4.69, 9.17) is 4.74 Å². The van der Waals surface area contributed by atoms with Crippen molar-refractivity contribution >= 4 is 16.9 Å². The predicted octanol–water partition coefficient (Wildman–Crippen LogP) is 3.83. The summed E-state index contributed by atoms with van der Waals surface area (Å²) in [4.78, 5) is 15.4. The Morgan fingerprint density at radius 2 is 1.90 bits per heavy atom. The van der Waals surface area contributed by atoms with Gasteiger partial charge in [-0.05, 0) is 24.6 Å². The minimum Gasteiger partial charge on any atom is -0.457 e. The van der Waals surface area contributed by atoms with E-state index in [2.05, 4.69) is 4.98 Å². The van der Waals surface area contributed by atoms with Crippen molar-refractivity contribution in [3.05, 3.63) is 71.4 Å². The Balaban J connectivity index is 1.82. The molecule has 0 spiro atoms. The van der Waals surface area contributed by atoms with Crippen LogP contribution in [0.4, 0.5) is 0 Å². The number of para-hydroxylation sites is 1. The third-order valence-electron chi connectivity index (χ3n) is 3.22. The first-order chi connectivity index (χ1) is 9.74. The molecule has 3 aromatic rings.